The zero-order chi connectivity index (χ0) is 20.3. The highest BCUT2D eigenvalue weighted by atomic mass is 16.2. The van der Waals surface area contributed by atoms with Crippen LogP contribution in [-0.2, 0) is 0 Å². The van der Waals surface area contributed by atoms with E-state index < -0.39 is 0 Å². The number of hydrogen-bond donors (Lipinski definition) is 4. The summed E-state index contributed by atoms with van der Waals surface area (Å²) >= 11 is 0. The van der Waals surface area contributed by atoms with Gasteiger partial charge in [0.2, 0.25) is 5.96 Å². The SMILES string of the molecule is CC(=O)c1ccc(NC(=O)c2cc3cc(/C(C)=N\N=C(N)N)ccc3[nH]2)cc1. The molecule has 1 amide bonds. The van der Waals surface area contributed by atoms with Crippen LogP contribution in [0.3, 0.4) is 0 Å². The van der Waals surface area contributed by atoms with Crippen LogP contribution in [0.4, 0.5) is 5.69 Å². The molecule has 0 radical (unpaired) electrons. The summed E-state index contributed by atoms with van der Waals surface area (Å²) in [6.45, 7) is 3.29. The number of nitrogens with zero attached hydrogens (tertiary/aromatic N) is 2. The Labute approximate surface area is 161 Å². The number of Topliss-reactive ketones (excluding diaryl/α,β-unsaturated/α-hetero) is 1. The first kappa shape index (κ1) is 18.8. The fourth-order valence-corrected chi connectivity index (χ4v) is 2.66. The molecule has 0 unspecified atom stereocenters. The smallest absolute Gasteiger partial charge is 0.272 e. The van der Waals surface area contributed by atoms with Gasteiger partial charge in [-0.25, -0.2) is 0 Å². The molecule has 3 rings (SSSR count). The van der Waals surface area contributed by atoms with Crippen molar-refractivity contribution in [2.75, 3.05) is 5.32 Å². The standard InChI is InChI=1S/C20H20N6O2/c1-11(25-26-20(21)22)14-5-8-17-15(9-14)10-18(24-17)19(28)23-16-6-3-13(4-7-16)12(2)27/h3-10,24H,1-2H3,(H,23,28)(H4,21,22,26)/b25-11-. The Bertz CT molecular complexity index is 1110. The maximum atomic E-state index is 12.5. The second kappa shape index (κ2) is 7.75. The summed E-state index contributed by atoms with van der Waals surface area (Å²) in [5, 5.41) is 11.3. The third-order valence-corrected chi connectivity index (χ3v) is 4.15. The molecule has 3 aromatic rings. The monoisotopic (exact) mass is 376 g/mol. The quantitative estimate of drug-likeness (QED) is 0.235. The Hall–Kier alpha value is -3.94. The summed E-state index contributed by atoms with van der Waals surface area (Å²) in [4.78, 5) is 26.9. The van der Waals surface area contributed by atoms with Gasteiger partial charge >= 0.3 is 0 Å². The van der Waals surface area contributed by atoms with Gasteiger partial charge in [-0.1, -0.05) is 6.07 Å². The first-order chi connectivity index (χ1) is 13.3. The van der Waals surface area contributed by atoms with E-state index in [1.165, 1.54) is 6.92 Å². The van der Waals surface area contributed by atoms with Crippen molar-refractivity contribution in [1.82, 2.24) is 4.98 Å². The highest BCUT2D eigenvalue weighted by Crippen LogP contribution is 2.19. The number of aromatic nitrogens is 1. The summed E-state index contributed by atoms with van der Waals surface area (Å²) < 4.78 is 0. The van der Waals surface area contributed by atoms with Crippen LogP contribution in [0, 0.1) is 0 Å². The lowest BCUT2D eigenvalue weighted by atomic mass is 10.1. The first-order valence-corrected chi connectivity index (χ1v) is 8.52. The molecule has 8 heteroatoms. The molecule has 28 heavy (non-hydrogen) atoms. The topological polar surface area (TPSA) is 139 Å². The van der Waals surface area contributed by atoms with Gasteiger partial charge in [0.1, 0.15) is 5.69 Å². The normalized spacial score (nSPS) is 11.3. The molecule has 0 aliphatic carbocycles. The highest BCUT2D eigenvalue weighted by Gasteiger charge is 2.11. The van der Waals surface area contributed by atoms with Crippen LogP contribution in [0.2, 0.25) is 0 Å². The van der Waals surface area contributed by atoms with E-state index in [0.717, 1.165) is 16.5 Å². The molecule has 0 fully saturated rings. The van der Waals surface area contributed by atoms with E-state index >= 15 is 0 Å². The van der Waals surface area contributed by atoms with Crippen LogP contribution in [0.1, 0.15) is 40.3 Å². The van der Waals surface area contributed by atoms with Crippen molar-refractivity contribution in [3.63, 3.8) is 0 Å². The Morgan fingerprint density at radius 2 is 1.61 bits per heavy atom. The number of guanidine groups is 1. The van der Waals surface area contributed by atoms with Gasteiger partial charge in [0.25, 0.3) is 5.91 Å². The van der Waals surface area contributed by atoms with E-state index in [1.807, 2.05) is 18.2 Å². The van der Waals surface area contributed by atoms with Crippen LogP contribution in [-0.4, -0.2) is 28.3 Å². The molecule has 0 saturated heterocycles. The zero-order valence-electron chi connectivity index (χ0n) is 15.5. The molecule has 0 saturated carbocycles. The molecule has 8 nitrogen and oxygen atoms in total. The molecule has 0 atom stereocenters. The number of nitrogens with one attached hydrogen (secondary N) is 2. The van der Waals surface area contributed by atoms with Gasteiger partial charge in [0.05, 0.1) is 5.71 Å². The lowest BCUT2D eigenvalue weighted by Crippen LogP contribution is -2.22. The number of anilines is 1. The van der Waals surface area contributed by atoms with E-state index in [0.29, 0.717) is 22.7 Å². The van der Waals surface area contributed by atoms with Crippen LogP contribution in [0.5, 0.6) is 0 Å². The predicted octanol–water partition coefficient (Wildman–Crippen LogP) is 2.62. The van der Waals surface area contributed by atoms with Crippen LogP contribution in [0.25, 0.3) is 10.9 Å². The molecule has 0 spiro atoms. The number of nitrogens with two attached hydrogens (primary N) is 2. The second-order valence-electron chi connectivity index (χ2n) is 6.28. The number of hydrogen-bond acceptors (Lipinski definition) is 4. The Kier molecular flexibility index (Phi) is 5.21. The highest BCUT2D eigenvalue weighted by molar-refractivity contribution is 6.07. The Balaban J connectivity index is 1.81. The van der Waals surface area contributed by atoms with E-state index in [2.05, 4.69) is 20.5 Å². The first-order valence-electron chi connectivity index (χ1n) is 8.52. The summed E-state index contributed by atoms with van der Waals surface area (Å²) in [7, 11) is 0. The van der Waals surface area contributed by atoms with Crippen molar-refractivity contribution in [2.24, 2.45) is 21.7 Å². The number of aromatic amines is 1. The molecule has 0 aliphatic heterocycles. The fourth-order valence-electron chi connectivity index (χ4n) is 2.66. The fraction of sp³-hybridized carbons (Fsp3) is 0.100. The summed E-state index contributed by atoms with van der Waals surface area (Å²) in [5.74, 6) is -0.417. The van der Waals surface area contributed by atoms with Gasteiger partial charge in [-0.15, -0.1) is 5.10 Å². The van der Waals surface area contributed by atoms with Gasteiger partial charge in [-0.05, 0) is 61.9 Å². The van der Waals surface area contributed by atoms with Gasteiger partial charge in [0, 0.05) is 22.2 Å². The molecule has 2 aromatic carbocycles. The second-order valence-corrected chi connectivity index (χ2v) is 6.28. The van der Waals surface area contributed by atoms with Crippen LogP contribution < -0.4 is 16.8 Å². The molecular formula is C20H20N6O2. The summed E-state index contributed by atoms with van der Waals surface area (Å²) in [5.41, 5.74) is 14.5. The number of benzene rings is 2. The minimum atomic E-state index is -0.279. The molecular weight excluding hydrogens is 356 g/mol. The number of H-pyrrole nitrogens is 1. The molecule has 1 aromatic heterocycles. The average Bonchev–Trinajstić information content (AvgIpc) is 3.10. The van der Waals surface area contributed by atoms with Gasteiger partial charge in [-0.3, -0.25) is 9.59 Å². The predicted molar refractivity (Wildman–Crippen MR) is 111 cm³/mol. The lowest BCUT2D eigenvalue weighted by Gasteiger charge is -2.04. The number of carbonyl (C=O) groups excluding carboxylic acids is 2. The number of fused-ring (bicyclic) bond motifs is 1. The van der Waals surface area contributed by atoms with E-state index in [1.54, 1.807) is 37.3 Å². The van der Waals surface area contributed by atoms with Crippen molar-refractivity contribution in [3.8, 4) is 0 Å². The molecule has 0 aliphatic rings. The van der Waals surface area contributed by atoms with E-state index in [-0.39, 0.29) is 17.6 Å². The van der Waals surface area contributed by atoms with Crippen molar-refractivity contribution < 1.29 is 9.59 Å². The Morgan fingerprint density at radius 3 is 2.25 bits per heavy atom. The molecule has 1 heterocycles. The lowest BCUT2D eigenvalue weighted by molar-refractivity contribution is 0.101. The zero-order valence-corrected chi connectivity index (χ0v) is 15.5. The van der Waals surface area contributed by atoms with Crippen LogP contribution in [0.15, 0.2) is 58.7 Å². The number of rotatable bonds is 5. The van der Waals surface area contributed by atoms with Crippen molar-refractivity contribution in [2.45, 2.75) is 13.8 Å². The third kappa shape index (κ3) is 4.24. The Morgan fingerprint density at radius 1 is 0.929 bits per heavy atom. The minimum Gasteiger partial charge on any atom is -0.369 e. The largest absolute Gasteiger partial charge is 0.369 e. The maximum Gasteiger partial charge on any atom is 0.272 e. The van der Waals surface area contributed by atoms with Gasteiger partial charge < -0.3 is 21.8 Å². The van der Waals surface area contributed by atoms with Crippen molar-refractivity contribution >= 4 is 40.0 Å². The summed E-state index contributed by atoms with van der Waals surface area (Å²) in [6, 6.07) is 14.1. The minimum absolute atomic E-state index is 0.0250. The van der Waals surface area contributed by atoms with Gasteiger partial charge in [0.15, 0.2) is 5.78 Å². The average molecular weight is 376 g/mol. The third-order valence-electron chi connectivity index (χ3n) is 4.15. The van der Waals surface area contributed by atoms with Gasteiger partial charge in [-0.2, -0.15) is 5.10 Å². The summed E-state index contributed by atoms with van der Waals surface area (Å²) in [6.07, 6.45) is 0. The van der Waals surface area contributed by atoms with Crippen LogP contribution >= 0.6 is 0 Å². The molecule has 0 bridgehead atoms. The van der Waals surface area contributed by atoms with E-state index in [9.17, 15) is 9.59 Å². The molecule has 6 N–H and O–H groups in total. The number of amides is 1. The number of carbonyl (C=O) groups is 2. The molecule has 142 valence electrons. The van der Waals surface area contributed by atoms with E-state index in [4.69, 9.17) is 11.5 Å². The van der Waals surface area contributed by atoms with Crippen molar-refractivity contribution in [1.29, 1.82) is 0 Å². The maximum absolute atomic E-state index is 12.5. The van der Waals surface area contributed by atoms with Crippen molar-refractivity contribution in [3.05, 3.63) is 65.4 Å². The number of ketones is 1.